The number of aromatic carboxylic acids is 1. The summed E-state index contributed by atoms with van der Waals surface area (Å²) in [6, 6.07) is 15.3. The normalized spacial score (nSPS) is 10.9. The maximum absolute atomic E-state index is 12.6. The number of hydrogen-bond acceptors (Lipinski definition) is 6. The van der Waals surface area contributed by atoms with Crippen molar-refractivity contribution in [2.75, 3.05) is 12.4 Å². The summed E-state index contributed by atoms with van der Waals surface area (Å²) in [5.74, 6) is -0.750. The third kappa shape index (κ3) is 5.80. The van der Waals surface area contributed by atoms with Crippen molar-refractivity contribution in [1.82, 2.24) is 0 Å². The minimum absolute atomic E-state index is 0.000574. The molecule has 0 aliphatic rings. The first-order valence-corrected chi connectivity index (χ1v) is 9.94. The highest BCUT2D eigenvalue weighted by atomic mass is 16.5. The maximum atomic E-state index is 12.6. The number of anilines is 1. The van der Waals surface area contributed by atoms with E-state index in [1.807, 2.05) is 32.0 Å². The van der Waals surface area contributed by atoms with Crippen LogP contribution >= 0.6 is 0 Å². The number of benzene rings is 2. The molecule has 0 bridgehead atoms. The van der Waals surface area contributed by atoms with Crippen molar-refractivity contribution >= 4 is 23.6 Å². The van der Waals surface area contributed by atoms with Crippen LogP contribution in [0.15, 0.2) is 58.5 Å². The Hall–Kier alpha value is -4.51. The van der Waals surface area contributed by atoms with E-state index in [9.17, 15) is 14.9 Å². The molecule has 1 amide bonds. The van der Waals surface area contributed by atoms with Gasteiger partial charge in [0.2, 0.25) is 5.76 Å². The van der Waals surface area contributed by atoms with Gasteiger partial charge in [-0.15, -0.1) is 0 Å². The summed E-state index contributed by atoms with van der Waals surface area (Å²) in [4.78, 5) is 23.5. The van der Waals surface area contributed by atoms with Crippen LogP contribution in [0.4, 0.5) is 5.69 Å². The van der Waals surface area contributed by atoms with Gasteiger partial charge in [0.25, 0.3) is 5.91 Å². The van der Waals surface area contributed by atoms with E-state index < -0.39 is 11.9 Å². The van der Waals surface area contributed by atoms with E-state index in [2.05, 4.69) is 5.32 Å². The summed E-state index contributed by atoms with van der Waals surface area (Å²) >= 11 is 0. The van der Waals surface area contributed by atoms with Crippen molar-refractivity contribution in [2.24, 2.45) is 0 Å². The number of carboxylic acid groups (broad SMARTS) is 1. The van der Waals surface area contributed by atoms with E-state index in [-0.39, 0.29) is 17.9 Å². The second-order valence-electron chi connectivity index (χ2n) is 7.21. The Morgan fingerprint density at radius 1 is 1.12 bits per heavy atom. The van der Waals surface area contributed by atoms with Gasteiger partial charge in [0, 0.05) is 5.69 Å². The molecule has 3 rings (SSSR count). The van der Waals surface area contributed by atoms with Gasteiger partial charge >= 0.3 is 5.97 Å². The summed E-state index contributed by atoms with van der Waals surface area (Å²) in [6.45, 7) is 3.84. The van der Waals surface area contributed by atoms with Gasteiger partial charge in [0.05, 0.1) is 7.11 Å². The van der Waals surface area contributed by atoms with Crippen LogP contribution in [-0.2, 0) is 11.4 Å². The monoisotopic (exact) mass is 446 g/mol. The van der Waals surface area contributed by atoms with Crippen molar-refractivity contribution in [1.29, 1.82) is 5.26 Å². The molecule has 0 spiro atoms. The lowest BCUT2D eigenvalue weighted by Gasteiger charge is -2.11. The maximum Gasteiger partial charge on any atom is 0.371 e. The van der Waals surface area contributed by atoms with Gasteiger partial charge in [-0.1, -0.05) is 23.8 Å². The molecule has 0 unspecified atom stereocenters. The fourth-order valence-electron chi connectivity index (χ4n) is 3.07. The van der Waals surface area contributed by atoms with Gasteiger partial charge in [0.1, 0.15) is 24.0 Å². The second-order valence-corrected chi connectivity index (χ2v) is 7.21. The van der Waals surface area contributed by atoms with Gasteiger partial charge in [-0.25, -0.2) is 4.79 Å². The van der Waals surface area contributed by atoms with E-state index in [0.29, 0.717) is 28.5 Å². The SMILES string of the molecule is COc1cc(/C=C(/C#N)C(=O)Nc2ccc(C)cc2C)ccc1OCc1ccc(C(=O)O)o1. The lowest BCUT2D eigenvalue weighted by Crippen LogP contribution is -2.14. The Morgan fingerprint density at radius 3 is 2.55 bits per heavy atom. The minimum Gasteiger partial charge on any atom is -0.493 e. The molecule has 0 aliphatic carbocycles. The van der Waals surface area contributed by atoms with Crippen LogP contribution < -0.4 is 14.8 Å². The average molecular weight is 446 g/mol. The molecule has 0 aliphatic heterocycles. The number of nitriles is 1. The Bertz CT molecular complexity index is 1270. The zero-order valence-corrected chi connectivity index (χ0v) is 18.3. The molecule has 2 N–H and O–H groups in total. The molecule has 8 heteroatoms. The topological polar surface area (TPSA) is 122 Å². The quantitative estimate of drug-likeness (QED) is 0.379. The first-order chi connectivity index (χ1) is 15.8. The zero-order chi connectivity index (χ0) is 24.0. The minimum atomic E-state index is -1.16. The number of hydrogen-bond donors (Lipinski definition) is 2. The fraction of sp³-hybridized carbons (Fsp3) is 0.160. The molecular weight excluding hydrogens is 424 g/mol. The van der Waals surface area contributed by atoms with Crippen LogP contribution in [0.5, 0.6) is 11.5 Å². The number of aryl methyl sites for hydroxylation is 2. The van der Waals surface area contributed by atoms with Crippen molar-refractivity contribution < 1.29 is 28.6 Å². The summed E-state index contributed by atoms with van der Waals surface area (Å²) < 4.78 is 16.2. The molecule has 8 nitrogen and oxygen atoms in total. The molecule has 1 heterocycles. The van der Waals surface area contributed by atoms with Crippen LogP contribution in [-0.4, -0.2) is 24.1 Å². The summed E-state index contributed by atoms with van der Waals surface area (Å²) in [7, 11) is 1.46. The van der Waals surface area contributed by atoms with E-state index in [4.69, 9.17) is 19.0 Å². The molecule has 2 aromatic carbocycles. The number of amides is 1. The Morgan fingerprint density at radius 2 is 1.91 bits per heavy atom. The van der Waals surface area contributed by atoms with Gasteiger partial charge in [-0.2, -0.15) is 5.26 Å². The van der Waals surface area contributed by atoms with Gasteiger partial charge in [-0.3, -0.25) is 4.79 Å². The number of nitrogens with one attached hydrogen (secondary N) is 1. The third-order valence-corrected chi connectivity index (χ3v) is 4.74. The van der Waals surface area contributed by atoms with Crippen LogP contribution in [0.25, 0.3) is 6.08 Å². The lowest BCUT2D eigenvalue weighted by atomic mass is 10.1. The number of furan rings is 1. The molecule has 0 fully saturated rings. The highest BCUT2D eigenvalue weighted by molar-refractivity contribution is 6.10. The van der Waals surface area contributed by atoms with Gasteiger partial charge < -0.3 is 24.3 Å². The molecule has 0 radical (unpaired) electrons. The second kappa shape index (κ2) is 10.2. The van der Waals surface area contributed by atoms with E-state index in [0.717, 1.165) is 11.1 Å². The summed E-state index contributed by atoms with van der Waals surface area (Å²) in [6.07, 6.45) is 1.46. The average Bonchev–Trinajstić information content (AvgIpc) is 3.27. The molecule has 1 aromatic heterocycles. The Balaban J connectivity index is 1.75. The first-order valence-electron chi connectivity index (χ1n) is 9.94. The van der Waals surface area contributed by atoms with Gasteiger partial charge in [-0.05, 0) is 61.4 Å². The lowest BCUT2D eigenvalue weighted by molar-refractivity contribution is -0.112. The highest BCUT2D eigenvalue weighted by Crippen LogP contribution is 2.30. The predicted molar refractivity (Wildman–Crippen MR) is 121 cm³/mol. The van der Waals surface area contributed by atoms with Crippen molar-refractivity contribution in [3.05, 3.63) is 82.3 Å². The number of carbonyl (C=O) groups excluding carboxylic acids is 1. The molecular formula is C25H22N2O6. The zero-order valence-electron chi connectivity index (χ0n) is 18.3. The summed E-state index contributed by atoms with van der Waals surface area (Å²) in [5.41, 5.74) is 3.11. The number of rotatable bonds is 8. The van der Waals surface area contributed by atoms with Crippen molar-refractivity contribution in [3.8, 4) is 17.6 Å². The van der Waals surface area contributed by atoms with E-state index in [1.165, 1.54) is 25.3 Å². The molecule has 168 valence electrons. The van der Waals surface area contributed by atoms with Crippen LogP contribution in [0.3, 0.4) is 0 Å². The first kappa shape index (κ1) is 23.2. The van der Waals surface area contributed by atoms with Crippen molar-refractivity contribution in [3.63, 3.8) is 0 Å². The van der Waals surface area contributed by atoms with Crippen LogP contribution in [0, 0.1) is 25.2 Å². The van der Waals surface area contributed by atoms with Gasteiger partial charge in [0.15, 0.2) is 11.5 Å². The van der Waals surface area contributed by atoms with Crippen LogP contribution in [0.2, 0.25) is 0 Å². The third-order valence-electron chi connectivity index (χ3n) is 4.74. The molecule has 0 atom stereocenters. The molecule has 33 heavy (non-hydrogen) atoms. The Kier molecular flexibility index (Phi) is 7.16. The molecule has 0 saturated heterocycles. The smallest absolute Gasteiger partial charge is 0.371 e. The number of ether oxygens (including phenoxy) is 2. The van der Waals surface area contributed by atoms with Crippen molar-refractivity contribution in [2.45, 2.75) is 20.5 Å². The van der Waals surface area contributed by atoms with E-state index >= 15 is 0 Å². The predicted octanol–water partition coefficient (Wildman–Crippen LogP) is 4.73. The highest BCUT2D eigenvalue weighted by Gasteiger charge is 2.14. The summed E-state index contributed by atoms with van der Waals surface area (Å²) in [5, 5.41) is 21.2. The molecule has 3 aromatic rings. The molecule has 0 saturated carbocycles. The number of nitrogens with zero attached hydrogens (tertiary/aromatic N) is 1. The number of carbonyl (C=O) groups is 2. The van der Waals surface area contributed by atoms with Crippen LogP contribution in [0.1, 0.15) is 33.0 Å². The van der Waals surface area contributed by atoms with E-state index in [1.54, 1.807) is 24.3 Å². The number of carboxylic acids is 1. The standard InChI is InChI=1S/C25H22N2O6/c1-15-4-7-20(16(2)10-15)27-24(28)18(13-26)11-17-5-8-21(23(12-17)31-3)32-14-19-6-9-22(33-19)25(29)30/h4-12H,14H2,1-3H3,(H,27,28)(H,29,30)/b18-11-. The largest absolute Gasteiger partial charge is 0.493 e. The fourth-order valence-corrected chi connectivity index (χ4v) is 3.07. The Labute approximate surface area is 190 Å². The number of methoxy groups -OCH3 is 1.